The van der Waals surface area contributed by atoms with E-state index < -0.39 is 11.6 Å². The third kappa shape index (κ3) is 3.62. The van der Waals surface area contributed by atoms with E-state index >= 15 is 0 Å². The van der Waals surface area contributed by atoms with Crippen LogP contribution in [0.3, 0.4) is 0 Å². The van der Waals surface area contributed by atoms with Crippen LogP contribution in [-0.2, 0) is 0 Å². The molecule has 0 unspecified atom stereocenters. The van der Waals surface area contributed by atoms with Gasteiger partial charge in [-0.05, 0) is 96.4 Å². The SMILES string of the molecule is CN(C)C(C#CC(N(C)C)(N(C)C)N(C)C)(N(C)C)N(C)C. The fourth-order valence-corrected chi connectivity index (χ4v) is 3.24. The van der Waals surface area contributed by atoms with Gasteiger partial charge >= 0.3 is 0 Å². The number of hydrogen-bond acceptors (Lipinski definition) is 6. The summed E-state index contributed by atoms with van der Waals surface area (Å²) in [6.45, 7) is 0. The summed E-state index contributed by atoms with van der Waals surface area (Å²) in [6, 6.07) is 0. The molecule has 6 nitrogen and oxygen atoms in total. The van der Waals surface area contributed by atoms with Crippen LogP contribution in [0.5, 0.6) is 0 Å². The first-order valence-corrected chi connectivity index (χ1v) is 7.46. The van der Waals surface area contributed by atoms with E-state index in [-0.39, 0.29) is 0 Å². The maximum absolute atomic E-state index is 3.52. The van der Waals surface area contributed by atoms with Crippen molar-refractivity contribution in [2.45, 2.75) is 11.6 Å². The van der Waals surface area contributed by atoms with E-state index in [2.05, 4.69) is 126 Å². The van der Waals surface area contributed by atoms with E-state index in [1.54, 1.807) is 0 Å². The average molecular weight is 313 g/mol. The van der Waals surface area contributed by atoms with Crippen LogP contribution in [0.25, 0.3) is 0 Å². The van der Waals surface area contributed by atoms with Gasteiger partial charge in [-0.25, -0.2) is 0 Å². The van der Waals surface area contributed by atoms with Crippen LogP contribution in [0.15, 0.2) is 0 Å². The standard InChI is InChI=1S/C16H36N6/c1-17(2)15(18(3)4,19(5)6)13-14-16(20(7)8,21(9)10)22(11)12/h1-12H3. The molecule has 0 aliphatic heterocycles. The van der Waals surface area contributed by atoms with Crippen molar-refractivity contribution in [1.29, 1.82) is 0 Å². The molecule has 0 heterocycles. The molecule has 0 amide bonds. The highest BCUT2D eigenvalue weighted by atomic mass is 15.5. The average Bonchev–Trinajstić information content (AvgIpc) is 2.31. The maximum Gasteiger partial charge on any atom is 0.195 e. The zero-order valence-corrected chi connectivity index (χ0v) is 16.7. The first kappa shape index (κ1) is 21.3. The molecule has 0 aromatic heterocycles. The van der Waals surface area contributed by atoms with Gasteiger partial charge in [0.25, 0.3) is 0 Å². The lowest BCUT2D eigenvalue weighted by molar-refractivity contribution is -0.0670. The van der Waals surface area contributed by atoms with Gasteiger partial charge in [0.1, 0.15) is 0 Å². The molecule has 0 aromatic rings. The molecule has 0 aliphatic carbocycles. The Morgan fingerprint density at radius 1 is 0.364 bits per heavy atom. The molecule has 0 aromatic carbocycles. The Balaban J connectivity index is 6.26. The van der Waals surface area contributed by atoms with Gasteiger partial charge in [0.15, 0.2) is 11.6 Å². The lowest BCUT2D eigenvalue weighted by atomic mass is 10.2. The third-order valence-electron chi connectivity index (χ3n) is 4.14. The summed E-state index contributed by atoms with van der Waals surface area (Å²) in [5.41, 5.74) is 0. The lowest BCUT2D eigenvalue weighted by Gasteiger charge is -2.48. The molecule has 0 fully saturated rings. The number of nitrogens with zero attached hydrogens (tertiary/aromatic N) is 6. The summed E-state index contributed by atoms with van der Waals surface area (Å²) >= 11 is 0. The predicted octanol–water partition coefficient (Wildman–Crippen LogP) is -0.333. The van der Waals surface area contributed by atoms with E-state index in [1.807, 2.05) is 0 Å². The quantitative estimate of drug-likeness (QED) is 0.490. The lowest BCUT2D eigenvalue weighted by Crippen LogP contribution is -2.65. The van der Waals surface area contributed by atoms with Crippen LogP contribution in [-0.4, -0.2) is 126 Å². The highest BCUT2D eigenvalue weighted by molar-refractivity contribution is 5.23. The smallest absolute Gasteiger partial charge is 0.195 e. The first-order chi connectivity index (χ1) is 9.87. The van der Waals surface area contributed by atoms with Gasteiger partial charge in [-0.15, -0.1) is 0 Å². The van der Waals surface area contributed by atoms with Gasteiger partial charge in [0.05, 0.1) is 0 Å². The molecule has 0 rings (SSSR count). The van der Waals surface area contributed by atoms with Crippen molar-refractivity contribution in [2.24, 2.45) is 0 Å². The van der Waals surface area contributed by atoms with Crippen molar-refractivity contribution in [1.82, 2.24) is 29.4 Å². The van der Waals surface area contributed by atoms with Gasteiger partial charge in [-0.2, -0.15) is 0 Å². The largest absolute Gasteiger partial charge is 0.268 e. The molecular formula is C16H36N6. The van der Waals surface area contributed by atoms with E-state index in [1.165, 1.54) is 0 Å². The Bertz CT molecular complexity index is 321. The maximum atomic E-state index is 3.52. The minimum atomic E-state index is -0.479. The summed E-state index contributed by atoms with van der Waals surface area (Å²) in [6.07, 6.45) is 0. The zero-order valence-electron chi connectivity index (χ0n) is 16.7. The van der Waals surface area contributed by atoms with Crippen molar-refractivity contribution < 1.29 is 0 Å². The second-order valence-electron chi connectivity index (χ2n) is 6.89. The molecule has 130 valence electrons. The first-order valence-electron chi connectivity index (χ1n) is 7.46. The molecule has 0 spiro atoms. The van der Waals surface area contributed by atoms with Crippen molar-refractivity contribution in [2.75, 3.05) is 84.6 Å². The minimum absolute atomic E-state index is 0.479. The van der Waals surface area contributed by atoms with E-state index in [9.17, 15) is 0 Å². The Kier molecular flexibility index (Phi) is 7.49. The topological polar surface area (TPSA) is 19.4 Å². The molecule has 6 heteroatoms. The number of hydrogen-bond donors (Lipinski definition) is 0. The third-order valence-corrected chi connectivity index (χ3v) is 4.14. The zero-order chi connectivity index (χ0) is 17.9. The summed E-state index contributed by atoms with van der Waals surface area (Å²) in [5.74, 6) is 6.08. The van der Waals surface area contributed by atoms with Crippen LogP contribution in [0.2, 0.25) is 0 Å². The van der Waals surface area contributed by atoms with Gasteiger partial charge in [0.2, 0.25) is 0 Å². The van der Waals surface area contributed by atoms with E-state index in [4.69, 9.17) is 0 Å². The van der Waals surface area contributed by atoms with Gasteiger partial charge in [-0.3, -0.25) is 29.4 Å². The highest BCUT2D eigenvalue weighted by Crippen LogP contribution is 2.21. The summed E-state index contributed by atoms with van der Waals surface area (Å²) in [7, 11) is 24.6. The van der Waals surface area contributed by atoms with Crippen LogP contribution in [0.4, 0.5) is 0 Å². The summed E-state index contributed by atoms with van der Waals surface area (Å²) < 4.78 is 0. The van der Waals surface area contributed by atoms with Gasteiger partial charge in [0, 0.05) is 0 Å². The molecule has 0 atom stereocenters. The second kappa shape index (κ2) is 7.73. The van der Waals surface area contributed by atoms with E-state index in [0.717, 1.165) is 0 Å². The number of rotatable bonds is 6. The molecule has 0 aliphatic rings. The van der Waals surface area contributed by atoms with Crippen molar-refractivity contribution in [3.63, 3.8) is 0 Å². The summed E-state index contributed by atoms with van der Waals surface area (Å²) in [4.78, 5) is 12.8. The van der Waals surface area contributed by atoms with Crippen molar-refractivity contribution in [3.05, 3.63) is 0 Å². The van der Waals surface area contributed by atoms with Crippen molar-refractivity contribution in [3.8, 4) is 11.8 Å². The predicted molar refractivity (Wildman–Crippen MR) is 95.4 cm³/mol. The fraction of sp³-hybridized carbons (Fsp3) is 0.875. The van der Waals surface area contributed by atoms with E-state index in [0.29, 0.717) is 0 Å². The summed E-state index contributed by atoms with van der Waals surface area (Å²) in [5, 5.41) is 0. The molecule has 0 bridgehead atoms. The van der Waals surface area contributed by atoms with Crippen LogP contribution < -0.4 is 0 Å². The molecule has 22 heavy (non-hydrogen) atoms. The minimum Gasteiger partial charge on any atom is -0.268 e. The molecule has 0 N–H and O–H groups in total. The fourth-order valence-electron chi connectivity index (χ4n) is 3.24. The molecular weight excluding hydrogens is 276 g/mol. The second-order valence-corrected chi connectivity index (χ2v) is 6.89. The van der Waals surface area contributed by atoms with Crippen LogP contribution in [0.1, 0.15) is 0 Å². The van der Waals surface area contributed by atoms with Gasteiger partial charge in [-0.1, -0.05) is 0 Å². The van der Waals surface area contributed by atoms with Crippen molar-refractivity contribution >= 4 is 0 Å². The monoisotopic (exact) mass is 312 g/mol. The normalized spacial score (nSPS) is 13.7. The van der Waals surface area contributed by atoms with Crippen LogP contribution >= 0.6 is 0 Å². The van der Waals surface area contributed by atoms with Gasteiger partial charge < -0.3 is 0 Å². The molecule has 0 saturated carbocycles. The highest BCUT2D eigenvalue weighted by Gasteiger charge is 2.40. The Morgan fingerprint density at radius 3 is 0.591 bits per heavy atom. The Morgan fingerprint density at radius 2 is 0.500 bits per heavy atom. The Hall–Kier alpha value is -0.680. The Labute approximate surface area is 138 Å². The molecule has 0 radical (unpaired) electrons. The van der Waals surface area contributed by atoms with Crippen LogP contribution in [0, 0.1) is 11.8 Å². The molecule has 0 saturated heterocycles.